The second-order valence-electron chi connectivity index (χ2n) is 5.44. The Bertz CT molecular complexity index is 815. The number of hydrogen-bond acceptors (Lipinski definition) is 6. The summed E-state index contributed by atoms with van der Waals surface area (Å²) in [6.07, 6.45) is 0. The van der Waals surface area contributed by atoms with Crippen molar-refractivity contribution in [3.05, 3.63) is 46.2 Å². The lowest BCUT2D eigenvalue weighted by molar-refractivity contribution is -0.119. The predicted molar refractivity (Wildman–Crippen MR) is 97.2 cm³/mol. The lowest BCUT2D eigenvalue weighted by atomic mass is 10.1. The maximum atomic E-state index is 12.2. The minimum Gasteiger partial charge on any atom is -0.497 e. The van der Waals surface area contributed by atoms with E-state index in [1.807, 2.05) is 0 Å². The van der Waals surface area contributed by atoms with Gasteiger partial charge in [0, 0.05) is 11.8 Å². The van der Waals surface area contributed by atoms with Gasteiger partial charge in [0.15, 0.2) is 6.61 Å². The van der Waals surface area contributed by atoms with E-state index in [9.17, 15) is 9.59 Å². The van der Waals surface area contributed by atoms with E-state index in [0.717, 1.165) is 0 Å². The smallest absolute Gasteiger partial charge is 0.342 e. The van der Waals surface area contributed by atoms with E-state index in [2.05, 4.69) is 10.3 Å². The second kappa shape index (κ2) is 8.53. The molecule has 0 aliphatic heterocycles. The van der Waals surface area contributed by atoms with Gasteiger partial charge in [-0.1, -0.05) is 11.6 Å². The molecule has 8 heteroatoms. The summed E-state index contributed by atoms with van der Waals surface area (Å²) < 4.78 is 15.3. The van der Waals surface area contributed by atoms with Gasteiger partial charge in [0.2, 0.25) is 0 Å². The molecular formula is C18H19ClN2O5. The van der Waals surface area contributed by atoms with Crippen molar-refractivity contribution in [1.29, 1.82) is 0 Å². The molecular weight excluding hydrogens is 360 g/mol. The minimum atomic E-state index is -0.715. The molecule has 1 amide bonds. The summed E-state index contributed by atoms with van der Waals surface area (Å²) in [4.78, 5) is 28.3. The number of nitrogens with zero attached hydrogens (tertiary/aromatic N) is 1. The fraction of sp³-hybridized carbons (Fsp3) is 0.278. The van der Waals surface area contributed by atoms with Crippen molar-refractivity contribution in [1.82, 2.24) is 4.98 Å². The minimum absolute atomic E-state index is 0.0439. The van der Waals surface area contributed by atoms with Crippen LogP contribution in [0.5, 0.6) is 11.5 Å². The van der Waals surface area contributed by atoms with E-state index < -0.39 is 18.5 Å². The zero-order valence-electron chi connectivity index (χ0n) is 14.9. The van der Waals surface area contributed by atoms with Crippen molar-refractivity contribution in [3.8, 4) is 11.5 Å². The van der Waals surface area contributed by atoms with Crippen LogP contribution in [0.2, 0.25) is 5.15 Å². The van der Waals surface area contributed by atoms with Crippen molar-refractivity contribution in [2.24, 2.45) is 0 Å². The van der Waals surface area contributed by atoms with Gasteiger partial charge in [0.1, 0.15) is 16.7 Å². The Kier molecular flexibility index (Phi) is 6.41. The van der Waals surface area contributed by atoms with Gasteiger partial charge < -0.3 is 19.5 Å². The van der Waals surface area contributed by atoms with Crippen molar-refractivity contribution >= 4 is 29.2 Å². The molecule has 1 heterocycles. The Morgan fingerprint density at radius 3 is 2.50 bits per heavy atom. The summed E-state index contributed by atoms with van der Waals surface area (Å²) in [5.41, 5.74) is 1.86. The van der Waals surface area contributed by atoms with Gasteiger partial charge in [-0.15, -0.1) is 0 Å². The number of benzene rings is 1. The van der Waals surface area contributed by atoms with E-state index in [4.69, 9.17) is 25.8 Å². The van der Waals surface area contributed by atoms with E-state index in [-0.39, 0.29) is 10.7 Å². The molecule has 0 radical (unpaired) electrons. The molecule has 0 atom stereocenters. The predicted octanol–water partition coefficient (Wildman–Crippen LogP) is 3.16. The summed E-state index contributed by atoms with van der Waals surface area (Å²) in [5, 5.41) is 2.66. The molecule has 0 aliphatic carbocycles. The number of carbonyl (C=O) groups excluding carboxylic acids is 2. The van der Waals surface area contributed by atoms with Crippen LogP contribution in [0, 0.1) is 13.8 Å². The third-order valence-electron chi connectivity index (χ3n) is 3.52. The SMILES string of the molecule is COc1ccc(OC)c(NC(=O)COC(=O)c2c(C)cc(C)nc2Cl)c1. The van der Waals surface area contributed by atoms with Crippen LogP contribution in [0.3, 0.4) is 0 Å². The van der Waals surface area contributed by atoms with Crippen LogP contribution in [-0.2, 0) is 9.53 Å². The summed E-state index contributed by atoms with van der Waals surface area (Å²) in [7, 11) is 2.99. The first-order valence-electron chi connectivity index (χ1n) is 7.68. The van der Waals surface area contributed by atoms with Gasteiger partial charge in [-0.3, -0.25) is 4.79 Å². The van der Waals surface area contributed by atoms with Crippen LogP contribution in [0.4, 0.5) is 5.69 Å². The lowest BCUT2D eigenvalue weighted by Crippen LogP contribution is -2.22. The third kappa shape index (κ3) is 4.64. The Balaban J connectivity index is 2.04. The maximum Gasteiger partial charge on any atom is 0.342 e. The topological polar surface area (TPSA) is 86.8 Å². The van der Waals surface area contributed by atoms with Crippen molar-refractivity contribution in [3.63, 3.8) is 0 Å². The summed E-state index contributed by atoms with van der Waals surface area (Å²) >= 11 is 6.00. The largest absolute Gasteiger partial charge is 0.497 e. The maximum absolute atomic E-state index is 12.2. The van der Waals surface area contributed by atoms with Crippen molar-refractivity contribution in [2.45, 2.75) is 13.8 Å². The highest BCUT2D eigenvalue weighted by atomic mass is 35.5. The number of aromatic nitrogens is 1. The molecule has 0 fully saturated rings. The fourth-order valence-corrected chi connectivity index (χ4v) is 2.70. The zero-order valence-corrected chi connectivity index (χ0v) is 15.6. The highest BCUT2D eigenvalue weighted by Gasteiger charge is 2.18. The van der Waals surface area contributed by atoms with Crippen LogP contribution in [0.15, 0.2) is 24.3 Å². The first kappa shape index (κ1) is 19.5. The first-order chi connectivity index (χ1) is 12.3. The number of nitrogens with one attached hydrogen (secondary N) is 1. The van der Waals surface area contributed by atoms with Gasteiger partial charge in [0.05, 0.1) is 25.5 Å². The highest BCUT2D eigenvalue weighted by molar-refractivity contribution is 6.32. The van der Waals surface area contributed by atoms with Crippen molar-refractivity contribution < 1.29 is 23.8 Å². The highest BCUT2D eigenvalue weighted by Crippen LogP contribution is 2.28. The number of hydrogen-bond donors (Lipinski definition) is 1. The number of amides is 1. The standard InChI is InChI=1S/C18H19ClN2O5/c1-10-7-11(2)20-17(19)16(10)18(23)26-9-15(22)21-13-8-12(24-3)5-6-14(13)25-4/h5-8H,9H2,1-4H3,(H,21,22). The van der Waals surface area contributed by atoms with E-state index >= 15 is 0 Å². The number of ether oxygens (including phenoxy) is 3. The van der Waals surface area contributed by atoms with Crippen LogP contribution in [0.1, 0.15) is 21.6 Å². The van der Waals surface area contributed by atoms with Crippen LogP contribution < -0.4 is 14.8 Å². The molecule has 138 valence electrons. The van der Waals surface area contributed by atoms with E-state index in [1.54, 1.807) is 38.1 Å². The number of anilines is 1. The van der Waals surface area contributed by atoms with Gasteiger partial charge in [-0.2, -0.15) is 0 Å². The van der Waals surface area contributed by atoms with E-state index in [0.29, 0.717) is 28.4 Å². The molecule has 7 nitrogen and oxygen atoms in total. The van der Waals surface area contributed by atoms with Gasteiger partial charge in [-0.25, -0.2) is 9.78 Å². The van der Waals surface area contributed by atoms with Crippen LogP contribution >= 0.6 is 11.6 Å². The molecule has 0 aliphatic rings. The molecule has 0 saturated heterocycles. The molecule has 0 spiro atoms. The molecule has 26 heavy (non-hydrogen) atoms. The molecule has 0 saturated carbocycles. The van der Waals surface area contributed by atoms with Crippen LogP contribution in [0.25, 0.3) is 0 Å². The number of methoxy groups -OCH3 is 2. The molecule has 1 aromatic carbocycles. The Labute approximate surface area is 156 Å². The van der Waals surface area contributed by atoms with Crippen molar-refractivity contribution in [2.75, 3.05) is 26.1 Å². The first-order valence-corrected chi connectivity index (χ1v) is 8.06. The summed E-state index contributed by atoms with van der Waals surface area (Å²) in [6, 6.07) is 6.67. The zero-order chi connectivity index (χ0) is 19.3. The average Bonchev–Trinajstić information content (AvgIpc) is 2.59. The molecule has 0 bridgehead atoms. The van der Waals surface area contributed by atoms with Gasteiger partial charge in [-0.05, 0) is 37.6 Å². The molecule has 0 unspecified atom stereocenters. The number of esters is 1. The summed E-state index contributed by atoms with van der Waals surface area (Å²) in [6.45, 7) is 3.00. The number of rotatable bonds is 6. The lowest BCUT2D eigenvalue weighted by Gasteiger charge is -2.12. The van der Waals surface area contributed by atoms with Gasteiger partial charge in [0.25, 0.3) is 5.91 Å². The van der Waals surface area contributed by atoms with Gasteiger partial charge >= 0.3 is 5.97 Å². The molecule has 1 N–H and O–H groups in total. The number of pyridine rings is 1. The fourth-order valence-electron chi connectivity index (χ4n) is 2.34. The normalized spacial score (nSPS) is 10.2. The molecule has 2 rings (SSSR count). The Morgan fingerprint density at radius 2 is 1.88 bits per heavy atom. The van der Waals surface area contributed by atoms with E-state index in [1.165, 1.54) is 14.2 Å². The monoisotopic (exact) mass is 378 g/mol. The third-order valence-corrected chi connectivity index (χ3v) is 3.79. The second-order valence-corrected chi connectivity index (χ2v) is 5.79. The quantitative estimate of drug-likeness (QED) is 0.613. The Morgan fingerprint density at radius 1 is 1.15 bits per heavy atom. The summed E-state index contributed by atoms with van der Waals surface area (Å²) in [5.74, 6) is -0.246. The molecule has 1 aromatic heterocycles. The number of carbonyl (C=O) groups is 2. The van der Waals surface area contributed by atoms with Crippen LogP contribution in [-0.4, -0.2) is 37.7 Å². The molecule has 2 aromatic rings. The Hall–Kier alpha value is -2.80. The average molecular weight is 379 g/mol. The number of aryl methyl sites for hydroxylation is 2. The number of halogens is 1.